The predicted octanol–water partition coefficient (Wildman–Crippen LogP) is 6.68. The molecule has 0 aliphatic carbocycles. The summed E-state index contributed by atoms with van der Waals surface area (Å²) in [5, 5.41) is 4.69. The number of thiazole rings is 1. The van der Waals surface area contributed by atoms with Gasteiger partial charge in [-0.15, -0.1) is 11.3 Å². The molecular weight excluding hydrogens is 324 g/mol. The summed E-state index contributed by atoms with van der Waals surface area (Å²) < 4.78 is 0. The van der Waals surface area contributed by atoms with Gasteiger partial charge in [0.1, 0.15) is 0 Å². The van der Waals surface area contributed by atoms with E-state index in [1.807, 2.05) is 11.3 Å². The van der Waals surface area contributed by atoms with Crippen LogP contribution in [0.2, 0.25) is 0 Å². The maximum atomic E-state index is 4.92. The molecule has 0 saturated carbocycles. The average molecular weight is 359 g/mol. The molecule has 1 heterocycles. The van der Waals surface area contributed by atoms with E-state index < -0.39 is 0 Å². The van der Waals surface area contributed by atoms with Gasteiger partial charge in [0.25, 0.3) is 0 Å². The molecule has 1 unspecified atom stereocenters. The van der Waals surface area contributed by atoms with Gasteiger partial charge in [0.15, 0.2) is 5.13 Å². The van der Waals surface area contributed by atoms with Crippen molar-refractivity contribution < 1.29 is 0 Å². The van der Waals surface area contributed by atoms with Gasteiger partial charge in [-0.25, -0.2) is 4.98 Å². The summed E-state index contributed by atoms with van der Waals surface area (Å²) in [4.78, 5) is 6.42. The van der Waals surface area contributed by atoms with E-state index in [2.05, 4.69) is 63.3 Å². The number of aromatic nitrogens is 1. The molecule has 1 aromatic heterocycles. The molecular formula is C22H34N2S. The van der Waals surface area contributed by atoms with Gasteiger partial charge in [-0.2, -0.15) is 0 Å². The minimum Gasteiger partial charge on any atom is -0.361 e. The lowest BCUT2D eigenvalue weighted by Crippen LogP contribution is -2.09. The standard InChI is InChI=1S/C22H34N2S/c1-5-6-7-11-14-21-20(15-17(2)3)24-22(25-21)23-16-18(4)19-12-9-8-10-13-19/h8-10,12-13,17-18H,5-7,11,14-16H2,1-4H3,(H,23,24). The van der Waals surface area contributed by atoms with Gasteiger partial charge >= 0.3 is 0 Å². The quantitative estimate of drug-likeness (QED) is 0.453. The lowest BCUT2D eigenvalue weighted by Gasteiger charge is -2.12. The molecule has 2 rings (SSSR count). The van der Waals surface area contributed by atoms with Crippen LogP contribution in [0.15, 0.2) is 30.3 Å². The first-order valence-corrected chi connectivity index (χ1v) is 10.7. The number of aryl methyl sites for hydroxylation is 1. The van der Waals surface area contributed by atoms with Crippen molar-refractivity contribution in [2.75, 3.05) is 11.9 Å². The van der Waals surface area contributed by atoms with Crippen molar-refractivity contribution in [2.24, 2.45) is 5.92 Å². The van der Waals surface area contributed by atoms with Crippen molar-refractivity contribution in [2.45, 2.75) is 72.1 Å². The fraction of sp³-hybridized carbons (Fsp3) is 0.591. The molecule has 0 amide bonds. The monoisotopic (exact) mass is 358 g/mol. The summed E-state index contributed by atoms with van der Waals surface area (Å²) in [6.07, 6.45) is 7.55. The van der Waals surface area contributed by atoms with Gasteiger partial charge < -0.3 is 5.32 Å². The van der Waals surface area contributed by atoms with E-state index in [1.165, 1.54) is 48.2 Å². The average Bonchev–Trinajstić information content (AvgIpc) is 2.98. The molecule has 0 aliphatic rings. The van der Waals surface area contributed by atoms with Gasteiger partial charge in [-0.05, 0) is 36.7 Å². The van der Waals surface area contributed by atoms with Crippen molar-refractivity contribution in [3.8, 4) is 0 Å². The molecule has 1 N–H and O–H groups in total. The van der Waals surface area contributed by atoms with E-state index in [9.17, 15) is 0 Å². The lowest BCUT2D eigenvalue weighted by atomic mass is 10.0. The number of rotatable bonds is 11. The largest absolute Gasteiger partial charge is 0.361 e. The molecule has 0 aliphatic heterocycles. The number of benzene rings is 1. The molecule has 2 aromatic rings. The van der Waals surface area contributed by atoms with Crippen LogP contribution in [0, 0.1) is 5.92 Å². The number of hydrogen-bond acceptors (Lipinski definition) is 3. The van der Waals surface area contributed by atoms with E-state index in [-0.39, 0.29) is 0 Å². The molecule has 0 radical (unpaired) electrons. The van der Waals surface area contributed by atoms with Crippen LogP contribution >= 0.6 is 11.3 Å². The number of anilines is 1. The van der Waals surface area contributed by atoms with Gasteiger partial charge in [0.2, 0.25) is 0 Å². The molecule has 25 heavy (non-hydrogen) atoms. The second-order valence-electron chi connectivity index (χ2n) is 7.49. The fourth-order valence-corrected chi connectivity index (χ4v) is 4.09. The smallest absolute Gasteiger partial charge is 0.183 e. The zero-order valence-corrected chi connectivity index (χ0v) is 17.2. The first-order valence-electron chi connectivity index (χ1n) is 9.87. The number of nitrogens with one attached hydrogen (secondary N) is 1. The van der Waals surface area contributed by atoms with Gasteiger partial charge in [-0.3, -0.25) is 0 Å². The van der Waals surface area contributed by atoms with Crippen LogP contribution in [0.5, 0.6) is 0 Å². The Morgan fingerprint density at radius 2 is 1.80 bits per heavy atom. The zero-order valence-electron chi connectivity index (χ0n) is 16.3. The van der Waals surface area contributed by atoms with Crippen LogP contribution in [0.3, 0.4) is 0 Å². The number of nitrogens with zero attached hydrogens (tertiary/aromatic N) is 1. The topological polar surface area (TPSA) is 24.9 Å². The molecule has 1 aromatic carbocycles. The molecule has 0 bridgehead atoms. The Bertz CT molecular complexity index is 604. The third-order valence-corrected chi connectivity index (χ3v) is 5.68. The molecule has 3 heteroatoms. The second kappa shape index (κ2) is 10.6. The van der Waals surface area contributed by atoms with Crippen LogP contribution in [0.4, 0.5) is 5.13 Å². The Labute approximate surface area is 158 Å². The van der Waals surface area contributed by atoms with Crippen LogP contribution in [-0.2, 0) is 12.8 Å². The van der Waals surface area contributed by atoms with Crippen LogP contribution in [-0.4, -0.2) is 11.5 Å². The highest BCUT2D eigenvalue weighted by Gasteiger charge is 2.13. The molecule has 1 atom stereocenters. The first kappa shape index (κ1) is 20.0. The summed E-state index contributed by atoms with van der Waals surface area (Å²) >= 11 is 1.87. The first-order chi connectivity index (χ1) is 12.1. The lowest BCUT2D eigenvalue weighted by molar-refractivity contribution is 0.626. The van der Waals surface area contributed by atoms with Crippen LogP contribution in [0.1, 0.15) is 75.4 Å². The van der Waals surface area contributed by atoms with Gasteiger partial charge in [-0.1, -0.05) is 77.3 Å². The van der Waals surface area contributed by atoms with Gasteiger partial charge in [0.05, 0.1) is 5.69 Å². The van der Waals surface area contributed by atoms with Crippen molar-refractivity contribution in [3.05, 3.63) is 46.5 Å². The van der Waals surface area contributed by atoms with Crippen molar-refractivity contribution in [3.63, 3.8) is 0 Å². The maximum absolute atomic E-state index is 4.92. The van der Waals surface area contributed by atoms with Crippen molar-refractivity contribution in [1.29, 1.82) is 0 Å². The Morgan fingerprint density at radius 3 is 2.48 bits per heavy atom. The zero-order chi connectivity index (χ0) is 18.1. The van der Waals surface area contributed by atoms with E-state index in [1.54, 1.807) is 0 Å². The third-order valence-electron chi connectivity index (χ3n) is 4.57. The fourth-order valence-electron chi connectivity index (χ4n) is 3.05. The Kier molecular flexibility index (Phi) is 8.47. The van der Waals surface area contributed by atoms with Crippen molar-refractivity contribution in [1.82, 2.24) is 4.98 Å². The predicted molar refractivity (Wildman–Crippen MR) is 112 cm³/mol. The SMILES string of the molecule is CCCCCCc1sc(NCC(C)c2ccccc2)nc1CC(C)C. The molecule has 0 fully saturated rings. The summed E-state index contributed by atoms with van der Waals surface area (Å²) in [6.45, 7) is 10.0. The van der Waals surface area contributed by atoms with Crippen LogP contribution < -0.4 is 5.32 Å². The second-order valence-corrected chi connectivity index (χ2v) is 8.57. The van der Waals surface area contributed by atoms with E-state index in [4.69, 9.17) is 4.98 Å². The molecule has 0 spiro atoms. The van der Waals surface area contributed by atoms with Crippen molar-refractivity contribution >= 4 is 16.5 Å². The maximum Gasteiger partial charge on any atom is 0.183 e. The highest BCUT2D eigenvalue weighted by molar-refractivity contribution is 7.15. The highest BCUT2D eigenvalue weighted by Crippen LogP contribution is 2.28. The van der Waals surface area contributed by atoms with E-state index in [0.717, 1.165) is 18.1 Å². The van der Waals surface area contributed by atoms with E-state index in [0.29, 0.717) is 11.8 Å². The minimum atomic E-state index is 0.492. The summed E-state index contributed by atoms with van der Waals surface area (Å²) in [5.74, 6) is 1.15. The van der Waals surface area contributed by atoms with Gasteiger partial charge in [0, 0.05) is 11.4 Å². The summed E-state index contributed by atoms with van der Waals surface area (Å²) in [5.41, 5.74) is 2.71. The molecule has 0 saturated heterocycles. The minimum absolute atomic E-state index is 0.492. The normalized spacial score (nSPS) is 12.5. The summed E-state index contributed by atoms with van der Waals surface area (Å²) in [6, 6.07) is 10.7. The Hall–Kier alpha value is -1.35. The number of hydrogen-bond donors (Lipinski definition) is 1. The molecule has 138 valence electrons. The Balaban J connectivity index is 1.96. The van der Waals surface area contributed by atoms with Crippen LogP contribution in [0.25, 0.3) is 0 Å². The van der Waals surface area contributed by atoms with E-state index >= 15 is 0 Å². The Morgan fingerprint density at radius 1 is 1.04 bits per heavy atom. The highest BCUT2D eigenvalue weighted by atomic mass is 32.1. The summed E-state index contributed by atoms with van der Waals surface area (Å²) in [7, 11) is 0. The number of unbranched alkanes of at least 4 members (excludes halogenated alkanes) is 3. The third kappa shape index (κ3) is 6.81. The molecule has 2 nitrogen and oxygen atoms in total.